The van der Waals surface area contributed by atoms with Gasteiger partial charge >= 0.3 is 0 Å². The maximum Gasteiger partial charge on any atom is 0.255 e. The van der Waals surface area contributed by atoms with E-state index < -0.39 is 0 Å². The standard InChI is InChI=1S/C22H17NO3/c1-13-9-11-14(12-10-13)22(26)23-18-8-4-7-17-19(18)21(25)16-6-3-2-5-15(16)20(17)24/h2-12,24-25H,1H3,(H,23,26). The van der Waals surface area contributed by atoms with Gasteiger partial charge in [-0.25, -0.2) is 0 Å². The molecule has 0 aliphatic rings. The molecular formula is C22H17NO3. The summed E-state index contributed by atoms with van der Waals surface area (Å²) in [6.07, 6.45) is 0. The number of aryl methyl sites for hydroxylation is 1. The van der Waals surface area contributed by atoms with Gasteiger partial charge in [0.15, 0.2) is 0 Å². The number of fused-ring (bicyclic) bond motifs is 2. The van der Waals surface area contributed by atoms with Gasteiger partial charge in [0.25, 0.3) is 5.91 Å². The van der Waals surface area contributed by atoms with E-state index in [2.05, 4.69) is 5.32 Å². The van der Waals surface area contributed by atoms with Crippen LogP contribution in [0.15, 0.2) is 66.7 Å². The Morgan fingerprint density at radius 2 is 1.38 bits per heavy atom. The molecule has 4 aromatic rings. The number of aromatic hydroxyl groups is 2. The van der Waals surface area contributed by atoms with Crippen molar-refractivity contribution in [2.45, 2.75) is 6.92 Å². The minimum atomic E-state index is -0.274. The second kappa shape index (κ2) is 6.08. The highest BCUT2D eigenvalue weighted by molar-refractivity contribution is 6.17. The van der Waals surface area contributed by atoms with Crippen LogP contribution in [-0.2, 0) is 0 Å². The fraction of sp³-hybridized carbons (Fsp3) is 0.0455. The van der Waals surface area contributed by atoms with Crippen molar-refractivity contribution in [2.75, 3.05) is 5.32 Å². The Bertz CT molecular complexity index is 1150. The molecule has 4 nitrogen and oxygen atoms in total. The van der Waals surface area contributed by atoms with Gasteiger partial charge in [-0.1, -0.05) is 54.1 Å². The molecule has 0 saturated carbocycles. The zero-order valence-corrected chi connectivity index (χ0v) is 14.2. The fourth-order valence-corrected chi connectivity index (χ4v) is 3.18. The summed E-state index contributed by atoms with van der Waals surface area (Å²) in [5.74, 6) is -0.155. The highest BCUT2D eigenvalue weighted by atomic mass is 16.3. The van der Waals surface area contributed by atoms with E-state index in [1.54, 1.807) is 54.6 Å². The van der Waals surface area contributed by atoms with Crippen LogP contribution < -0.4 is 5.32 Å². The van der Waals surface area contributed by atoms with E-state index in [-0.39, 0.29) is 17.4 Å². The minimum Gasteiger partial charge on any atom is -0.507 e. The van der Waals surface area contributed by atoms with E-state index in [1.165, 1.54) is 0 Å². The average molecular weight is 343 g/mol. The number of benzene rings is 4. The number of carbonyl (C=O) groups is 1. The van der Waals surface area contributed by atoms with Gasteiger partial charge in [0.1, 0.15) is 11.5 Å². The van der Waals surface area contributed by atoms with Crippen LogP contribution in [0.5, 0.6) is 11.5 Å². The molecule has 0 aliphatic heterocycles. The normalized spacial score (nSPS) is 11.0. The van der Waals surface area contributed by atoms with Crippen LogP contribution in [-0.4, -0.2) is 16.1 Å². The van der Waals surface area contributed by atoms with Crippen molar-refractivity contribution in [3.63, 3.8) is 0 Å². The molecule has 128 valence electrons. The number of hydrogen-bond acceptors (Lipinski definition) is 3. The number of phenols is 2. The van der Waals surface area contributed by atoms with Crippen LogP contribution in [0, 0.1) is 6.92 Å². The Morgan fingerprint density at radius 1 is 0.769 bits per heavy atom. The van der Waals surface area contributed by atoms with Crippen molar-refractivity contribution in [1.29, 1.82) is 0 Å². The summed E-state index contributed by atoms with van der Waals surface area (Å²) < 4.78 is 0. The number of carbonyl (C=O) groups excluding carboxylic acids is 1. The lowest BCUT2D eigenvalue weighted by atomic mass is 9.99. The number of hydrogen-bond donors (Lipinski definition) is 3. The molecule has 0 fully saturated rings. The van der Waals surface area contributed by atoms with Gasteiger partial charge in [-0.3, -0.25) is 4.79 Å². The molecule has 1 amide bonds. The molecule has 4 rings (SSSR count). The van der Waals surface area contributed by atoms with Gasteiger partial charge in [-0.2, -0.15) is 0 Å². The molecule has 3 N–H and O–H groups in total. The molecule has 4 aromatic carbocycles. The Labute approximate surface area is 150 Å². The summed E-state index contributed by atoms with van der Waals surface area (Å²) in [5.41, 5.74) is 2.05. The maximum atomic E-state index is 12.6. The van der Waals surface area contributed by atoms with E-state index in [4.69, 9.17) is 0 Å². The van der Waals surface area contributed by atoms with Crippen LogP contribution >= 0.6 is 0 Å². The van der Waals surface area contributed by atoms with Crippen LogP contribution in [0.4, 0.5) is 5.69 Å². The molecule has 0 radical (unpaired) electrons. The molecule has 0 saturated heterocycles. The molecule has 0 spiro atoms. The van der Waals surface area contributed by atoms with Crippen molar-refractivity contribution in [3.8, 4) is 11.5 Å². The Kier molecular flexibility index (Phi) is 3.73. The van der Waals surface area contributed by atoms with Gasteiger partial charge < -0.3 is 15.5 Å². The third-order valence-electron chi connectivity index (χ3n) is 4.56. The van der Waals surface area contributed by atoms with Crippen LogP contribution in [0.3, 0.4) is 0 Å². The Hall–Kier alpha value is -3.53. The van der Waals surface area contributed by atoms with Crippen LogP contribution in [0.25, 0.3) is 21.5 Å². The minimum absolute atomic E-state index is 0.0354. The second-order valence-corrected chi connectivity index (χ2v) is 6.29. The smallest absolute Gasteiger partial charge is 0.255 e. The van der Waals surface area contributed by atoms with Crippen molar-refractivity contribution in [1.82, 2.24) is 0 Å². The topological polar surface area (TPSA) is 69.6 Å². The van der Waals surface area contributed by atoms with Crippen molar-refractivity contribution in [3.05, 3.63) is 77.9 Å². The summed E-state index contributed by atoms with van der Waals surface area (Å²) >= 11 is 0. The summed E-state index contributed by atoms with van der Waals surface area (Å²) in [5, 5.41) is 26.2. The van der Waals surface area contributed by atoms with Crippen LogP contribution in [0.1, 0.15) is 15.9 Å². The zero-order chi connectivity index (χ0) is 18.3. The Morgan fingerprint density at radius 3 is 2.08 bits per heavy atom. The second-order valence-electron chi connectivity index (χ2n) is 6.29. The average Bonchev–Trinajstić information content (AvgIpc) is 2.66. The molecular weight excluding hydrogens is 326 g/mol. The number of nitrogens with one attached hydrogen (secondary N) is 1. The zero-order valence-electron chi connectivity index (χ0n) is 14.2. The largest absolute Gasteiger partial charge is 0.507 e. The van der Waals surface area contributed by atoms with Gasteiger partial charge in [0.2, 0.25) is 0 Å². The monoisotopic (exact) mass is 343 g/mol. The first kappa shape index (κ1) is 16.0. The molecule has 0 unspecified atom stereocenters. The van der Waals surface area contributed by atoms with Crippen molar-refractivity contribution >= 4 is 33.1 Å². The molecule has 0 heterocycles. The van der Waals surface area contributed by atoms with Gasteiger partial charge in [0, 0.05) is 21.7 Å². The maximum absolute atomic E-state index is 12.6. The first-order chi connectivity index (χ1) is 12.6. The van der Waals surface area contributed by atoms with E-state index >= 15 is 0 Å². The molecule has 4 heteroatoms. The highest BCUT2D eigenvalue weighted by Gasteiger charge is 2.17. The van der Waals surface area contributed by atoms with Gasteiger partial charge in [0.05, 0.1) is 11.1 Å². The number of amides is 1. The van der Waals surface area contributed by atoms with E-state index in [9.17, 15) is 15.0 Å². The van der Waals surface area contributed by atoms with Crippen molar-refractivity contribution < 1.29 is 15.0 Å². The van der Waals surface area contributed by atoms with Crippen molar-refractivity contribution in [2.24, 2.45) is 0 Å². The predicted molar refractivity (Wildman–Crippen MR) is 104 cm³/mol. The van der Waals surface area contributed by atoms with Gasteiger partial charge in [-0.05, 0) is 25.1 Å². The summed E-state index contributed by atoms with van der Waals surface area (Å²) in [4.78, 5) is 12.6. The summed E-state index contributed by atoms with van der Waals surface area (Å²) in [7, 11) is 0. The number of rotatable bonds is 2. The van der Waals surface area contributed by atoms with E-state index in [1.807, 2.05) is 19.1 Å². The highest BCUT2D eigenvalue weighted by Crippen LogP contribution is 2.44. The van der Waals surface area contributed by atoms with Gasteiger partial charge in [-0.15, -0.1) is 0 Å². The number of anilines is 1. The van der Waals surface area contributed by atoms with E-state index in [0.717, 1.165) is 5.56 Å². The van der Waals surface area contributed by atoms with E-state index in [0.29, 0.717) is 32.8 Å². The molecule has 0 aromatic heterocycles. The lowest BCUT2D eigenvalue weighted by molar-refractivity contribution is 0.102. The molecule has 0 aliphatic carbocycles. The first-order valence-electron chi connectivity index (χ1n) is 8.29. The summed E-state index contributed by atoms with van der Waals surface area (Å²) in [6, 6.07) is 19.5. The molecule has 0 atom stereocenters. The van der Waals surface area contributed by atoms with Crippen LogP contribution in [0.2, 0.25) is 0 Å². The Balaban J connectivity index is 1.88. The molecule has 0 bridgehead atoms. The lowest BCUT2D eigenvalue weighted by Gasteiger charge is -2.14. The summed E-state index contributed by atoms with van der Waals surface area (Å²) in [6.45, 7) is 1.96. The molecule has 26 heavy (non-hydrogen) atoms. The first-order valence-corrected chi connectivity index (χ1v) is 8.29. The third kappa shape index (κ3) is 2.52. The quantitative estimate of drug-likeness (QED) is 0.356. The third-order valence-corrected chi connectivity index (χ3v) is 4.56. The number of phenolic OH excluding ortho intramolecular Hbond substituents is 2. The fourth-order valence-electron chi connectivity index (χ4n) is 3.18. The predicted octanol–water partition coefficient (Wildman–Crippen LogP) is 4.96. The lowest BCUT2D eigenvalue weighted by Crippen LogP contribution is -2.12. The SMILES string of the molecule is Cc1ccc(C(=O)Nc2cccc3c(O)c4ccccc4c(O)c23)cc1.